The molecule has 66 valence electrons. The molecule has 1 aromatic heterocycles. The minimum atomic E-state index is -0.0335. The van der Waals surface area contributed by atoms with E-state index in [0.717, 1.165) is 5.56 Å². The molecule has 0 fully saturated rings. The summed E-state index contributed by atoms with van der Waals surface area (Å²) < 4.78 is 0. The van der Waals surface area contributed by atoms with Crippen molar-refractivity contribution in [3.05, 3.63) is 35.7 Å². The van der Waals surface area contributed by atoms with Crippen molar-refractivity contribution in [3.63, 3.8) is 0 Å². The monoisotopic (exact) mass is 175 g/mol. The average molecular weight is 175 g/mol. The third kappa shape index (κ3) is 2.63. The molecule has 0 bridgehead atoms. The van der Waals surface area contributed by atoms with Crippen molar-refractivity contribution < 1.29 is 9.59 Å². The summed E-state index contributed by atoms with van der Waals surface area (Å²) in [5.41, 5.74) is 1.30. The highest BCUT2D eigenvalue weighted by atomic mass is 16.1. The van der Waals surface area contributed by atoms with E-state index in [4.69, 9.17) is 0 Å². The van der Waals surface area contributed by atoms with Crippen LogP contribution < -0.4 is 0 Å². The second-order valence-corrected chi connectivity index (χ2v) is 2.56. The van der Waals surface area contributed by atoms with E-state index in [1.165, 1.54) is 19.2 Å². The normalized spacial score (nSPS) is 10.2. The second-order valence-electron chi connectivity index (χ2n) is 2.56. The van der Waals surface area contributed by atoms with E-state index in [2.05, 4.69) is 4.98 Å². The summed E-state index contributed by atoms with van der Waals surface area (Å²) in [5, 5.41) is 0. The van der Waals surface area contributed by atoms with E-state index in [0.29, 0.717) is 11.8 Å². The summed E-state index contributed by atoms with van der Waals surface area (Å²) in [7, 11) is 0. The first-order valence-corrected chi connectivity index (χ1v) is 3.82. The minimum absolute atomic E-state index is 0.0335. The van der Waals surface area contributed by atoms with Crippen LogP contribution in [0, 0.1) is 0 Å². The van der Waals surface area contributed by atoms with Gasteiger partial charge < -0.3 is 0 Å². The minimum Gasteiger partial charge on any atom is -0.299 e. The van der Waals surface area contributed by atoms with Gasteiger partial charge in [-0.1, -0.05) is 6.08 Å². The van der Waals surface area contributed by atoms with Gasteiger partial charge in [0.15, 0.2) is 5.78 Å². The molecule has 0 aliphatic carbocycles. The fraction of sp³-hybridized carbons (Fsp3) is 0.100. The van der Waals surface area contributed by atoms with Gasteiger partial charge in [-0.25, -0.2) is 0 Å². The molecule has 1 heterocycles. The number of allylic oxidation sites excluding steroid dienone is 1. The molecule has 0 spiro atoms. The zero-order valence-corrected chi connectivity index (χ0v) is 7.23. The highest BCUT2D eigenvalue weighted by Crippen LogP contribution is 2.04. The predicted molar refractivity (Wildman–Crippen MR) is 49.3 cm³/mol. The predicted octanol–water partition coefficient (Wildman–Crippen LogP) is 1.50. The number of aromatic nitrogens is 1. The standard InChI is InChI=1S/C10H9NO2/c1-8(13)10-5-9(3-2-4-12)6-11-7-10/h2-7H,1H3. The van der Waals surface area contributed by atoms with Crippen LogP contribution in [0.4, 0.5) is 0 Å². The number of aldehydes is 1. The van der Waals surface area contributed by atoms with Gasteiger partial charge in [0.05, 0.1) is 0 Å². The Labute approximate surface area is 76.1 Å². The maximum absolute atomic E-state index is 10.9. The van der Waals surface area contributed by atoms with Gasteiger partial charge in [-0.2, -0.15) is 0 Å². The Morgan fingerprint density at radius 3 is 2.85 bits per heavy atom. The third-order valence-corrected chi connectivity index (χ3v) is 1.53. The van der Waals surface area contributed by atoms with Crippen LogP contribution in [-0.4, -0.2) is 17.1 Å². The number of hydrogen-bond acceptors (Lipinski definition) is 3. The van der Waals surface area contributed by atoms with Crippen molar-refractivity contribution >= 4 is 18.1 Å². The maximum Gasteiger partial charge on any atom is 0.161 e. The van der Waals surface area contributed by atoms with Crippen LogP contribution >= 0.6 is 0 Å². The first kappa shape index (κ1) is 9.32. The zero-order chi connectivity index (χ0) is 9.68. The SMILES string of the molecule is CC(=O)c1cncc(C=CC=O)c1. The lowest BCUT2D eigenvalue weighted by Gasteiger charge is -1.95. The summed E-state index contributed by atoms with van der Waals surface area (Å²) >= 11 is 0. The lowest BCUT2D eigenvalue weighted by atomic mass is 10.1. The smallest absolute Gasteiger partial charge is 0.161 e. The van der Waals surface area contributed by atoms with Crippen molar-refractivity contribution in [1.82, 2.24) is 4.98 Å². The second kappa shape index (κ2) is 4.30. The lowest BCUT2D eigenvalue weighted by molar-refractivity contribution is -0.104. The van der Waals surface area contributed by atoms with Crippen molar-refractivity contribution in [3.8, 4) is 0 Å². The molecule has 0 saturated heterocycles. The van der Waals surface area contributed by atoms with Crippen molar-refractivity contribution in [2.75, 3.05) is 0 Å². The quantitative estimate of drug-likeness (QED) is 0.397. The summed E-state index contributed by atoms with van der Waals surface area (Å²) in [6.45, 7) is 1.48. The van der Waals surface area contributed by atoms with Crippen molar-refractivity contribution in [2.45, 2.75) is 6.92 Å². The number of rotatable bonds is 3. The fourth-order valence-corrected chi connectivity index (χ4v) is 0.892. The molecule has 1 aromatic rings. The molecule has 0 radical (unpaired) electrons. The Kier molecular flexibility index (Phi) is 3.09. The van der Waals surface area contributed by atoms with E-state index < -0.39 is 0 Å². The van der Waals surface area contributed by atoms with Crippen LogP contribution in [0.1, 0.15) is 22.8 Å². The number of pyridine rings is 1. The average Bonchev–Trinajstić information content (AvgIpc) is 2.15. The van der Waals surface area contributed by atoms with Crippen molar-refractivity contribution in [2.24, 2.45) is 0 Å². The lowest BCUT2D eigenvalue weighted by Crippen LogP contribution is -1.93. The molecule has 0 aromatic carbocycles. The summed E-state index contributed by atoms with van der Waals surface area (Å²) in [6, 6.07) is 1.69. The largest absolute Gasteiger partial charge is 0.299 e. The molecular weight excluding hydrogens is 166 g/mol. The van der Waals surface area contributed by atoms with Gasteiger partial charge in [0.2, 0.25) is 0 Å². The molecule has 0 amide bonds. The Morgan fingerprint density at radius 2 is 2.23 bits per heavy atom. The van der Waals surface area contributed by atoms with Crippen molar-refractivity contribution in [1.29, 1.82) is 0 Å². The Morgan fingerprint density at radius 1 is 1.46 bits per heavy atom. The van der Waals surface area contributed by atoms with Crippen LogP contribution in [0.5, 0.6) is 0 Å². The van der Waals surface area contributed by atoms with Gasteiger partial charge >= 0.3 is 0 Å². The molecule has 1 rings (SSSR count). The fourth-order valence-electron chi connectivity index (χ4n) is 0.892. The highest BCUT2D eigenvalue weighted by Gasteiger charge is 1.98. The number of ketones is 1. The first-order chi connectivity index (χ1) is 6.24. The van der Waals surface area contributed by atoms with Gasteiger partial charge in [0.25, 0.3) is 0 Å². The van der Waals surface area contributed by atoms with Gasteiger partial charge in [-0.05, 0) is 24.6 Å². The van der Waals surface area contributed by atoms with E-state index in [1.807, 2.05) is 0 Å². The van der Waals surface area contributed by atoms with Gasteiger partial charge in [-0.3, -0.25) is 14.6 Å². The van der Waals surface area contributed by atoms with E-state index in [9.17, 15) is 9.59 Å². The van der Waals surface area contributed by atoms with Gasteiger partial charge in [-0.15, -0.1) is 0 Å². The number of Topliss-reactive ketones (excluding diaryl/α,β-unsaturated/α-hetero) is 1. The molecule has 13 heavy (non-hydrogen) atoms. The van der Waals surface area contributed by atoms with Gasteiger partial charge in [0.1, 0.15) is 6.29 Å². The first-order valence-electron chi connectivity index (χ1n) is 3.82. The number of carbonyl (C=O) groups excluding carboxylic acids is 2. The van der Waals surface area contributed by atoms with Gasteiger partial charge in [0, 0.05) is 18.0 Å². The zero-order valence-electron chi connectivity index (χ0n) is 7.23. The number of carbonyl (C=O) groups is 2. The molecule has 3 nitrogen and oxygen atoms in total. The molecule has 0 aliphatic heterocycles. The molecule has 0 aliphatic rings. The molecule has 0 saturated carbocycles. The van der Waals surface area contributed by atoms with Crippen LogP contribution in [0.2, 0.25) is 0 Å². The topological polar surface area (TPSA) is 47.0 Å². The van der Waals surface area contributed by atoms with E-state index in [1.54, 1.807) is 18.3 Å². The molecular formula is C10H9NO2. The summed E-state index contributed by atoms with van der Waals surface area (Å²) in [5.74, 6) is -0.0335. The Balaban J connectivity index is 2.98. The molecule has 0 unspecified atom stereocenters. The number of nitrogens with zero attached hydrogens (tertiary/aromatic N) is 1. The molecule has 3 heteroatoms. The maximum atomic E-state index is 10.9. The summed E-state index contributed by atoms with van der Waals surface area (Å²) in [4.78, 5) is 24.8. The number of hydrogen-bond donors (Lipinski definition) is 0. The Hall–Kier alpha value is -1.77. The van der Waals surface area contributed by atoms with Crippen LogP contribution in [0.25, 0.3) is 6.08 Å². The third-order valence-electron chi connectivity index (χ3n) is 1.53. The molecule has 0 atom stereocenters. The van der Waals surface area contributed by atoms with Crippen LogP contribution in [0.15, 0.2) is 24.5 Å². The van der Waals surface area contributed by atoms with E-state index >= 15 is 0 Å². The van der Waals surface area contributed by atoms with Crippen LogP contribution in [-0.2, 0) is 4.79 Å². The Bertz CT molecular complexity index is 356. The summed E-state index contributed by atoms with van der Waals surface area (Å²) in [6.07, 6.45) is 6.74. The van der Waals surface area contributed by atoms with E-state index in [-0.39, 0.29) is 5.78 Å². The molecule has 0 N–H and O–H groups in total. The highest BCUT2D eigenvalue weighted by molar-refractivity contribution is 5.94. The van der Waals surface area contributed by atoms with Crippen LogP contribution in [0.3, 0.4) is 0 Å².